The van der Waals surface area contributed by atoms with Crippen LogP contribution in [0.5, 0.6) is 0 Å². The molecule has 1 rings (SSSR count). The molecule has 0 saturated heterocycles. The molecule has 18 heavy (non-hydrogen) atoms. The molecular weight excluding hydrogens is 258 g/mol. The molecule has 0 aliphatic carbocycles. The maximum atomic E-state index is 12.1. The van der Waals surface area contributed by atoms with E-state index in [9.17, 15) is 13.2 Å². The molecule has 0 bridgehead atoms. The first-order chi connectivity index (χ1) is 8.39. The lowest BCUT2D eigenvalue weighted by atomic mass is 10.4. The van der Waals surface area contributed by atoms with Gasteiger partial charge >= 0.3 is 5.97 Å². The first-order valence-electron chi connectivity index (χ1n) is 4.93. The summed E-state index contributed by atoms with van der Waals surface area (Å²) in [5, 5.41) is 17.3. The van der Waals surface area contributed by atoms with E-state index in [0.717, 1.165) is 4.31 Å². The summed E-state index contributed by atoms with van der Waals surface area (Å²) in [4.78, 5) is 13.8. The largest absolute Gasteiger partial charge is 0.481 e. The second kappa shape index (κ2) is 5.57. The first-order valence-corrected chi connectivity index (χ1v) is 6.37. The Morgan fingerprint density at radius 1 is 1.61 bits per heavy atom. The Bertz CT molecular complexity index is 591. The summed E-state index contributed by atoms with van der Waals surface area (Å²) >= 11 is 0. The fourth-order valence-corrected chi connectivity index (χ4v) is 2.48. The standard InChI is InChI=1S/C10H11N3O4S/c1-13(6-4-10(14)15)18(16,17)9-3-2-5-12-8(9)7-11/h2-3,5H,4,6H2,1H3,(H,14,15). The second-order valence-corrected chi connectivity index (χ2v) is 5.45. The maximum Gasteiger partial charge on any atom is 0.304 e. The van der Waals surface area contributed by atoms with E-state index in [1.165, 1.54) is 25.4 Å². The summed E-state index contributed by atoms with van der Waals surface area (Å²) in [6.45, 7) is -0.169. The van der Waals surface area contributed by atoms with E-state index >= 15 is 0 Å². The zero-order chi connectivity index (χ0) is 13.8. The SMILES string of the molecule is CN(CCC(=O)O)S(=O)(=O)c1cccnc1C#N. The average molecular weight is 269 g/mol. The fourth-order valence-electron chi connectivity index (χ4n) is 1.22. The number of nitrogens with zero attached hydrogens (tertiary/aromatic N) is 3. The van der Waals surface area contributed by atoms with Crippen molar-refractivity contribution >= 4 is 16.0 Å². The van der Waals surface area contributed by atoms with Crippen LogP contribution in [0.15, 0.2) is 23.2 Å². The molecular formula is C10H11N3O4S. The Labute approximate surface area is 104 Å². The summed E-state index contributed by atoms with van der Waals surface area (Å²) in [6.07, 6.45) is 1.01. The van der Waals surface area contributed by atoms with Crippen LogP contribution in [0.1, 0.15) is 12.1 Å². The lowest BCUT2D eigenvalue weighted by Gasteiger charge is -2.16. The van der Waals surface area contributed by atoms with Crippen LogP contribution in [0.2, 0.25) is 0 Å². The van der Waals surface area contributed by atoms with Gasteiger partial charge in [0, 0.05) is 19.8 Å². The molecule has 0 fully saturated rings. The summed E-state index contributed by atoms with van der Waals surface area (Å²) < 4.78 is 25.0. The first kappa shape index (κ1) is 14.1. The highest BCUT2D eigenvalue weighted by atomic mass is 32.2. The Balaban J connectivity index is 3.06. The van der Waals surface area contributed by atoms with Crippen LogP contribution in [0.4, 0.5) is 0 Å². The molecule has 0 amide bonds. The number of sulfonamides is 1. The van der Waals surface area contributed by atoms with Gasteiger partial charge in [0.2, 0.25) is 10.0 Å². The Kier molecular flexibility index (Phi) is 4.36. The van der Waals surface area contributed by atoms with Gasteiger partial charge < -0.3 is 5.11 Å². The minimum atomic E-state index is -3.89. The number of rotatable bonds is 5. The normalized spacial score (nSPS) is 11.2. The van der Waals surface area contributed by atoms with Gasteiger partial charge in [0.15, 0.2) is 5.69 Å². The molecule has 1 aromatic heterocycles. The molecule has 1 heterocycles. The zero-order valence-electron chi connectivity index (χ0n) is 9.57. The van der Waals surface area contributed by atoms with E-state index in [0.29, 0.717) is 0 Å². The van der Waals surface area contributed by atoms with Crippen molar-refractivity contribution in [2.24, 2.45) is 0 Å². The van der Waals surface area contributed by atoms with Crippen molar-refractivity contribution in [3.63, 3.8) is 0 Å². The summed E-state index contributed by atoms with van der Waals surface area (Å²) in [5.74, 6) is -1.09. The van der Waals surface area contributed by atoms with Gasteiger partial charge in [0.25, 0.3) is 0 Å². The van der Waals surface area contributed by atoms with Crippen molar-refractivity contribution in [2.45, 2.75) is 11.3 Å². The third kappa shape index (κ3) is 3.03. The number of hydrogen-bond acceptors (Lipinski definition) is 5. The van der Waals surface area contributed by atoms with Crippen LogP contribution >= 0.6 is 0 Å². The molecule has 1 N–H and O–H groups in total. The van der Waals surface area contributed by atoms with E-state index in [2.05, 4.69) is 4.98 Å². The van der Waals surface area contributed by atoms with E-state index in [1.54, 1.807) is 6.07 Å². The van der Waals surface area contributed by atoms with Crippen LogP contribution in [0.3, 0.4) is 0 Å². The highest BCUT2D eigenvalue weighted by Gasteiger charge is 2.24. The lowest BCUT2D eigenvalue weighted by molar-refractivity contribution is -0.137. The van der Waals surface area contributed by atoms with Crippen molar-refractivity contribution in [1.82, 2.24) is 9.29 Å². The Morgan fingerprint density at radius 2 is 2.28 bits per heavy atom. The zero-order valence-corrected chi connectivity index (χ0v) is 10.4. The van der Waals surface area contributed by atoms with Crippen molar-refractivity contribution in [3.8, 4) is 6.07 Å². The van der Waals surface area contributed by atoms with Gasteiger partial charge in [-0.2, -0.15) is 5.26 Å². The molecule has 0 aliphatic heterocycles. The predicted octanol–water partition coefficient (Wildman–Crippen LogP) is 0.0485. The number of aliphatic carboxylic acids is 1. The number of carbonyl (C=O) groups is 1. The number of aromatic nitrogens is 1. The Hall–Kier alpha value is -1.98. The number of carboxylic acid groups (broad SMARTS) is 1. The van der Waals surface area contributed by atoms with Gasteiger partial charge in [-0.25, -0.2) is 17.7 Å². The van der Waals surface area contributed by atoms with Crippen LogP contribution in [-0.4, -0.2) is 42.4 Å². The van der Waals surface area contributed by atoms with Crippen molar-refractivity contribution in [1.29, 1.82) is 5.26 Å². The summed E-state index contributed by atoms with van der Waals surface area (Å²) in [5.41, 5.74) is -0.209. The van der Waals surface area contributed by atoms with Crippen LogP contribution in [0.25, 0.3) is 0 Å². The molecule has 0 saturated carbocycles. The quantitative estimate of drug-likeness (QED) is 0.808. The van der Waals surface area contributed by atoms with Gasteiger partial charge in [-0.05, 0) is 12.1 Å². The molecule has 0 aliphatic rings. The van der Waals surface area contributed by atoms with Gasteiger partial charge in [0.05, 0.1) is 6.42 Å². The Morgan fingerprint density at radius 3 is 2.83 bits per heavy atom. The minimum absolute atomic E-state index is 0.169. The highest BCUT2D eigenvalue weighted by Crippen LogP contribution is 2.16. The predicted molar refractivity (Wildman–Crippen MR) is 61.0 cm³/mol. The van der Waals surface area contributed by atoms with E-state index in [4.69, 9.17) is 10.4 Å². The van der Waals surface area contributed by atoms with Crippen LogP contribution in [-0.2, 0) is 14.8 Å². The van der Waals surface area contributed by atoms with Gasteiger partial charge in [-0.1, -0.05) is 0 Å². The van der Waals surface area contributed by atoms with Crippen LogP contribution in [0, 0.1) is 11.3 Å². The monoisotopic (exact) mass is 269 g/mol. The van der Waals surface area contributed by atoms with E-state index in [-0.39, 0.29) is 23.6 Å². The molecule has 96 valence electrons. The van der Waals surface area contributed by atoms with Crippen LogP contribution < -0.4 is 0 Å². The third-order valence-electron chi connectivity index (χ3n) is 2.21. The molecule has 0 unspecified atom stereocenters. The third-order valence-corrected chi connectivity index (χ3v) is 4.09. The smallest absolute Gasteiger partial charge is 0.304 e. The molecule has 8 heteroatoms. The van der Waals surface area contributed by atoms with Crippen molar-refractivity contribution < 1.29 is 18.3 Å². The van der Waals surface area contributed by atoms with Crippen molar-refractivity contribution in [2.75, 3.05) is 13.6 Å². The second-order valence-electron chi connectivity index (χ2n) is 3.43. The van der Waals surface area contributed by atoms with E-state index < -0.39 is 16.0 Å². The minimum Gasteiger partial charge on any atom is -0.481 e. The van der Waals surface area contributed by atoms with Crippen molar-refractivity contribution in [3.05, 3.63) is 24.0 Å². The highest BCUT2D eigenvalue weighted by molar-refractivity contribution is 7.89. The lowest BCUT2D eigenvalue weighted by Crippen LogP contribution is -2.29. The number of carboxylic acids is 1. The topological polar surface area (TPSA) is 111 Å². The molecule has 0 radical (unpaired) electrons. The molecule has 0 spiro atoms. The maximum absolute atomic E-state index is 12.1. The number of pyridine rings is 1. The number of nitriles is 1. The summed E-state index contributed by atoms with van der Waals surface area (Å²) in [7, 11) is -2.64. The molecule has 0 atom stereocenters. The number of hydrogen-bond donors (Lipinski definition) is 1. The molecule has 1 aromatic rings. The summed E-state index contributed by atoms with van der Waals surface area (Å²) in [6, 6.07) is 4.35. The molecule has 7 nitrogen and oxygen atoms in total. The van der Waals surface area contributed by atoms with Gasteiger partial charge in [-0.15, -0.1) is 0 Å². The van der Waals surface area contributed by atoms with Gasteiger partial charge in [0.1, 0.15) is 11.0 Å². The van der Waals surface area contributed by atoms with Gasteiger partial charge in [-0.3, -0.25) is 4.79 Å². The fraction of sp³-hybridized carbons (Fsp3) is 0.300. The average Bonchev–Trinajstić information content (AvgIpc) is 2.35. The van der Waals surface area contributed by atoms with E-state index in [1.807, 2.05) is 0 Å². The molecule has 0 aromatic carbocycles.